The fraction of sp³-hybridized carbons (Fsp3) is 0.462. The molecular formula is C13H18BrN3. The van der Waals surface area contributed by atoms with Crippen LogP contribution in [0.5, 0.6) is 0 Å². The molecule has 0 aliphatic rings. The molecule has 0 bridgehead atoms. The van der Waals surface area contributed by atoms with Crippen LogP contribution < -0.4 is 0 Å². The van der Waals surface area contributed by atoms with Gasteiger partial charge in [-0.05, 0) is 38.1 Å². The highest BCUT2D eigenvalue weighted by molar-refractivity contribution is 9.09. The molecule has 0 saturated heterocycles. The highest BCUT2D eigenvalue weighted by atomic mass is 79.9. The number of nitrogens with zero attached hydrogens (tertiary/aromatic N) is 3. The average molecular weight is 296 g/mol. The summed E-state index contributed by atoms with van der Waals surface area (Å²) in [6, 6.07) is 6.56. The summed E-state index contributed by atoms with van der Waals surface area (Å²) >= 11 is 3.45. The van der Waals surface area contributed by atoms with Crippen molar-refractivity contribution in [1.29, 1.82) is 0 Å². The number of hydrogen-bond acceptors (Lipinski definition) is 2. The Kier molecular flexibility index (Phi) is 3.84. The van der Waals surface area contributed by atoms with Crippen LogP contribution in [0.1, 0.15) is 11.4 Å². The summed E-state index contributed by atoms with van der Waals surface area (Å²) in [6.07, 6.45) is 1.06. The Labute approximate surface area is 111 Å². The standard InChI is InChI=1S/C13H18BrN3/c1-10-15-12-8-11(6-7-16(2)9-14)4-5-13(12)17(10)3/h4-5,8H,6-7,9H2,1-3H3. The summed E-state index contributed by atoms with van der Waals surface area (Å²) in [5.41, 5.74) is 4.57. The van der Waals surface area contributed by atoms with Gasteiger partial charge in [-0.1, -0.05) is 22.0 Å². The topological polar surface area (TPSA) is 21.1 Å². The van der Waals surface area contributed by atoms with Crippen molar-refractivity contribution in [2.75, 3.05) is 19.0 Å². The lowest BCUT2D eigenvalue weighted by Gasteiger charge is -2.12. The Morgan fingerprint density at radius 2 is 2.18 bits per heavy atom. The zero-order valence-corrected chi connectivity index (χ0v) is 12.2. The van der Waals surface area contributed by atoms with Crippen molar-refractivity contribution in [3.63, 3.8) is 0 Å². The van der Waals surface area contributed by atoms with E-state index in [1.165, 1.54) is 11.1 Å². The van der Waals surface area contributed by atoms with Crippen LogP contribution in [0, 0.1) is 6.92 Å². The third-order valence-electron chi connectivity index (χ3n) is 3.16. The molecule has 0 aliphatic carbocycles. The Morgan fingerprint density at radius 1 is 1.41 bits per heavy atom. The lowest BCUT2D eigenvalue weighted by molar-refractivity contribution is 0.401. The molecule has 3 nitrogen and oxygen atoms in total. The van der Waals surface area contributed by atoms with E-state index in [1.807, 2.05) is 6.92 Å². The van der Waals surface area contributed by atoms with Crippen LogP contribution in [0.3, 0.4) is 0 Å². The van der Waals surface area contributed by atoms with Gasteiger partial charge in [0, 0.05) is 13.6 Å². The minimum Gasteiger partial charge on any atom is -0.331 e. The Morgan fingerprint density at radius 3 is 2.88 bits per heavy atom. The minimum atomic E-state index is 0.915. The van der Waals surface area contributed by atoms with Crippen molar-refractivity contribution in [1.82, 2.24) is 14.5 Å². The second-order valence-electron chi connectivity index (χ2n) is 4.49. The molecule has 0 saturated carbocycles. The maximum Gasteiger partial charge on any atom is 0.106 e. The zero-order chi connectivity index (χ0) is 12.4. The molecule has 17 heavy (non-hydrogen) atoms. The molecule has 0 fully saturated rings. The fourth-order valence-corrected chi connectivity index (χ4v) is 2.15. The van der Waals surface area contributed by atoms with E-state index in [0.717, 1.165) is 29.8 Å². The molecule has 0 radical (unpaired) electrons. The monoisotopic (exact) mass is 295 g/mol. The summed E-state index contributed by atoms with van der Waals surface area (Å²) in [5, 5.41) is 0. The lowest BCUT2D eigenvalue weighted by Crippen LogP contribution is -2.18. The molecule has 2 aromatic rings. The summed E-state index contributed by atoms with van der Waals surface area (Å²) < 4.78 is 2.13. The number of fused-ring (bicyclic) bond motifs is 1. The molecule has 92 valence electrons. The van der Waals surface area contributed by atoms with Gasteiger partial charge in [0.25, 0.3) is 0 Å². The molecule has 2 rings (SSSR count). The number of halogens is 1. The second kappa shape index (κ2) is 5.19. The molecule has 0 spiro atoms. The summed E-state index contributed by atoms with van der Waals surface area (Å²) in [7, 11) is 4.17. The van der Waals surface area contributed by atoms with E-state index in [2.05, 4.69) is 62.7 Å². The van der Waals surface area contributed by atoms with Gasteiger partial charge in [-0.15, -0.1) is 0 Å². The molecule has 1 aromatic carbocycles. The molecule has 1 aromatic heterocycles. The maximum absolute atomic E-state index is 4.56. The van der Waals surface area contributed by atoms with Gasteiger partial charge in [0.15, 0.2) is 0 Å². The normalized spacial score (nSPS) is 11.6. The number of alkyl halides is 1. The smallest absolute Gasteiger partial charge is 0.106 e. The zero-order valence-electron chi connectivity index (χ0n) is 10.6. The summed E-state index contributed by atoms with van der Waals surface area (Å²) in [5.74, 6) is 1.06. The van der Waals surface area contributed by atoms with E-state index < -0.39 is 0 Å². The molecule has 4 heteroatoms. The van der Waals surface area contributed by atoms with E-state index >= 15 is 0 Å². The quantitative estimate of drug-likeness (QED) is 0.639. The van der Waals surface area contributed by atoms with E-state index in [9.17, 15) is 0 Å². The molecule has 0 N–H and O–H groups in total. The molecular weight excluding hydrogens is 278 g/mol. The van der Waals surface area contributed by atoms with Crippen LogP contribution in [0.2, 0.25) is 0 Å². The average Bonchev–Trinajstić information content (AvgIpc) is 2.62. The van der Waals surface area contributed by atoms with Gasteiger partial charge in [0.1, 0.15) is 5.82 Å². The SMILES string of the molecule is Cc1nc2cc(CCN(C)CBr)ccc2n1C. The van der Waals surface area contributed by atoms with Crippen molar-refractivity contribution in [3.05, 3.63) is 29.6 Å². The van der Waals surface area contributed by atoms with Gasteiger partial charge in [-0.25, -0.2) is 4.98 Å². The van der Waals surface area contributed by atoms with Crippen molar-refractivity contribution in [2.45, 2.75) is 13.3 Å². The van der Waals surface area contributed by atoms with Gasteiger partial charge >= 0.3 is 0 Å². The number of hydrogen-bond donors (Lipinski definition) is 0. The third-order valence-corrected chi connectivity index (χ3v) is 4.01. The number of likely N-dealkylation sites (N-methyl/N-ethyl adjacent to an activating group) is 1. The van der Waals surface area contributed by atoms with Gasteiger partial charge in [0.05, 0.1) is 16.5 Å². The number of benzene rings is 1. The predicted molar refractivity (Wildman–Crippen MR) is 75.6 cm³/mol. The molecule has 0 aliphatic heterocycles. The highest BCUT2D eigenvalue weighted by Gasteiger charge is 2.05. The number of imidazole rings is 1. The Bertz CT molecular complexity index is 519. The van der Waals surface area contributed by atoms with Crippen LogP contribution in [0.4, 0.5) is 0 Å². The van der Waals surface area contributed by atoms with Crippen molar-refractivity contribution in [3.8, 4) is 0 Å². The van der Waals surface area contributed by atoms with Crippen molar-refractivity contribution in [2.24, 2.45) is 7.05 Å². The molecule has 0 amide bonds. The Hall–Kier alpha value is -0.870. The number of aromatic nitrogens is 2. The van der Waals surface area contributed by atoms with Crippen molar-refractivity contribution >= 4 is 27.0 Å². The van der Waals surface area contributed by atoms with E-state index in [-0.39, 0.29) is 0 Å². The largest absolute Gasteiger partial charge is 0.331 e. The van der Waals surface area contributed by atoms with E-state index in [4.69, 9.17) is 0 Å². The summed E-state index contributed by atoms with van der Waals surface area (Å²) in [4.78, 5) is 6.80. The first-order valence-electron chi connectivity index (χ1n) is 5.78. The second-order valence-corrected chi connectivity index (χ2v) is 4.99. The van der Waals surface area contributed by atoms with Gasteiger partial charge in [-0.3, -0.25) is 4.90 Å². The first kappa shape index (κ1) is 12.6. The first-order valence-corrected chi connectivity index (χ1v) is 6.90. The van der Waals surface area contributed by atoms with Gasteiger partial charge in [0.2, 0.25) is 0 Å². The number of aryl methyl sites for hydroxylation is 2. The lowest BCUT2D eigenvalue weighted by atomic mass is 10.1. The van der Waals surface area contributed by atoms with Gasteiger partial charge < -0.3 is 4.57 Å². The first-order chi connectivity index (χ1) is 8.11. The van der Waals surface area contributed by atoms with Crippen LogP contribution in [0.15, 0.2) is 18.2 Å². The molecule has 0 unspecified atom stereocenters. The van der Waals surface area contributed by atoms with Crippen LogP contribution in [0.25, 0.3) is 11.0 Å². The Balaban J connectivity index is 2.20. The maximum atomic E-state index is 4.56. The van der Waals surface area contributed by atoms with Crippen LogP contribution >= 0.6 is 15.9 Å². The third kappa shape index (κ3) is 2.69. The molecule has 0 atom stereocenters. The highest BCUT2D eigenvalue weighted by Crippen LogP contribution is 2.16. The fourth-order valence-electron chi connectivity index (χ4n) is 1.90. The predicted octanol–water partition coefficient (Wildman–Crippen LogP) is 2.71. The van der Waals surface area contributed by atoms with Gasteiger partial charge in [-0.2, -0.15) is 0 Å². The van der Waals surface area contributed by atoms with E-state index in [1.54, 1.807) is 0 Å². The van der Waals surface area contributed by atoms with Crippen LogP contribution in [-0.2, 0) is 13.5 Å². The van der Waals surface area contributed by atoms with Crippen LogP contribution in [-0.4, -0.2) is 33.5 Å². The molecule has 1 heterocycles. The summed E-state index contributed by atoms with van der Waals surface area (Å²) in [6.45, 7) is 3.10. The van der Waals surface area contributed by atoms with Crippen molar-refractivity contribution < 1.29 is 0 Å². The number of rotatable bonds is 4. The van der Waals surface area contributed by atoms with E-state index in [0.29, 0.717) is 0 Å². The minimum absolute atomic E-state index is 0.915.